The Bertz CT molecular complexity index is 992. The fourth-order valence-corrected chi connectivity index (χ4v) is 4.43. The summed E-state index contributed by atoms with van der Waals surface area (Å²) in [5.74, 6) is 0.457. The van der Waals surface area contributed by atoms with Gasteiger partial charge in [0, 0.05) is 6.04 Å². The van der Waals surface area contributed by atoms with Crippen LogP contribution in [0, 0.1) is 0 Å². The van der Waals surface area contributed by atoms with Gasteiger partial charge < -0.3 is 0 Å². The van der Waals surface area contributed by atoms with Crippen LogP contribution in [-0.4, -0.2) is 8.42 Å². The molecular weight excluding hydrogens is 342 g/mol. The van der Waals surface area contributed by atoms with Gasteiger partial charge in [-0.3, -0.25) is 0 Å². The zero-order valence-corrected chi connectivity index (χ0v) is 16.3. The van der Waals surface area contributed by atoms with E-state index in [4.69, 9.17) is 0 Å². The molecule has 1 N–H and O–H groups in total. The molecule has 1 atom stereocenters. The van der Waals surface area contributed by atoms with E-state index in [1.807, 2.05) is 49.4 Å². The molecular formula is C22H25NO2S. The molecule has 0 aromatic heterocycles. The second-order valence-electron chi connectivity index (χ2n) is 6.91. The third-order valence-corrected chi connectivity index (χ3v) is 6.21. The first-order valence-corrected chi connectivity index (χ1v) is 10.5. The van der Waals surface area contributed by atoms with Crippen LogP contribution in [0.25, 0.3) is 10.8 Å². The predicted molar refractivity (Wildman–Crippen MR) is 108 cm³/mol. The molecule has 136 valence electrons. The van der Waals surface area contributed by atoms with Crippen molar-refractivity contribution < 1.29 is 8.42 Å². The van der Waals surface area contributed by atoms with Gasteiger partial charge in [-0.2, -0.15) is 0 Å². The van der Waals surface area contributed by atoms with Gasteiger partial charge in [0.1, 0.15) is 0 Å². The minimum absolute atomic E-state index is 0.243. The van der Waals surface area contributed by atoms with Crippen LogP contribution in [0.5, 0.6) is 0 Å². The van der Waals surface area contributed by atoms with E-state index in [1.165, 1.54) is 5.56 Å². The molecule has 0 aliphatic rings. The number of nitrogens with one attached hydrogen (secondary N) is 1. The lowest BCUT2D eigenvalue weighted by Gasteiger charge is -2.18. The molecule has 3 nitrogen and oxygen atoms in total. The zero-order chi connectivity index (χ0) is 18.7. The van der Waals surface area contributed by atoms with Gasteiger partial charge >= 0.3 is 0 Å². The van der Waals surface area contributed by atoms with E-state index >= 15 is 0 Å². The first kappa shape index (κ1) is 18.6. The van der Waals surface area contributed by atoms with Gasteiger partial charge in [-0.1, -0.05) is 75.4 Å². The molecule has 3 aromatic rings. The van der Waals surface area contributed by atoms with Crippen LogP contribution < -0.4 is 4.72 Å². The van der Waals surface area contributed by atoms with Gasteiger partial charge in [0.05, 0.1) is 4.90 Å². The molecule has 0 saturated carbocycles. The minimum Gasteiger partial charge on any atom is -0.207 e. The lowest BCUT2D eigenvalue weighted by atomic mass is 9.98. The Morgan fingerprint density at radius 1 is 0.846 bits per heavy atom. The summed E-state index contributed by atoms with van der Waals surface area (Å²) in [5.41, 5.74) is 2.24. The second kappa shape index (κ2) is 7.60. The van der Waals surface area contributed by atoms with Gasteiger partial charge in [0.25, 0.3) is 0 Å². The smallest absolute Gasteiger partial charge is 0.207 e. The van der Waals surface area contributed by atoms with Crippen LogP contribution >= 0.6 is 0 Å². The lowest BCUT2D eigenvalue weighted by Crippen LogP contribution is -2.28. The van der Waals surface area contributed by atoms with Crippen LogP contribution in [0.2, 0.25) is 0 Å². The van der Waals surface area contributed by atoms with Gasteiger partial charge in [-0.15, -0.1) is 0 Å². The maximum atomic E-state index is 12.9. The predicted octanol–water partition coefficient (Wildman–Crippen LogP) is 5.39. The number of sulfonamides is 1. The normalized spacial score (nSPS) is 13.2. The Kier molecular flexibility index (Phi) is 5.44. The summed E-state index contributed by atoms with van der Waals surface area (Å²) in [6.45, 7) is 6.29. The van der Waals surface area contributed by atoms with Crippen molar-refractivity contribution >= 4 is 20.8 Å². The number of hydrogen-bond donors (Lipinski definition) is 1. The van der Waals surface area contributed by atoms with Crippen molar-refractivity contribution in [3.63, 3.8) is 0 Å². The molecule has 0 amide bonds. The topological polar surface area (TPSA) is 46.2 Å². The Morgan fingerprint density at radius 2 is 1.46 bits per heavy atom. The van der Waals surface area contributed by atoms with Crippen molar-refractivity contribution in [3.8, 4) is 0 Å². The van der Waals surface area contributed by atoms with Crippen molar-refractivity contribution in [1.82, 2.24) is 4.72 Å². The van der Waals surface area contributed by atoms with Crippen LogP contribution in [0.3, 0.4) is 0 Å². The summed E-state index contributed by atoms with van der Waals surface area (Å²) in [7, 11) is -3.59. The fraction of sp³-hybridized carbons (Fsp3) is 0.273. The molecule has 0 bridgehead atoms. The average molecular weight is 368 g/mol. The largest absolute Gasteiger partial charge is 0.241 e. The second-order valence-corrected chi connectivity index (χ2v) is 8.63. The minimum atomic E-state index is -3.59. The highest BCUT2D eigenvalue weighted by molar-refractivity contribution is 7.89. The van der Waals surface area contributed by atoms with E-state index in [1.54, 1.807) is 12.1 Å². The van der Waals surface area contributed by atoms with Crippen LogP contribution in [0.15, 0.2) is 71.6 Å². The third kappa shape index (κ3) is 3.97. The molecule has 0 aliphatic carbocycles. The summed E-state index contributed by atoms with van der Waals surface area (Å²) >= 11 is 0. The molecule has 0 aliphatic heterocycles. The molecule has 0 spiro atoms. The third-order valence-electron chi connectivity index (χ3n) is 4.74. The Morgan fingerprint density at radius 3 is 2.08 bits per heavy atom. The standard InChI is InChI=1S/C22H25NO2S/c1-4-22(19-11-9-17(10-12-19)16(2)3)23-26(24,25)21-14-13-18-7-5-6-8-20(18)15-21/h5-16,22-23H,4H2,1-3H3. The molecule has 4 heteroatoms. The summed E-state index contributed by atoms with van der Waals surface area (Å²) in [6, 6.07) is 21.0. The summed E-state index contributed by atoms with van der Waals surface area (Å²) in [5, 5.41) is 1.95. The number of fused-ring (bicyclic) bond motifs is 1. The number of hydrogen-bond acceptors (Lipinski definition) is 2. The van der Waals surface area contributed by atoms with E-state index in [-0.39, 0.29) is 6.04 Å². The SMILES string of the molecule is CCC(NS(=O)(=O)c1ccc2ccccc2c1)c1ccc(C(C)C)cc1. The molecule has 3 rings (SSSR count). The average Bonchev–Trinajstić information content (AvgIpc) is 2.65. The molecule has 1 unspecified atom stereocenters. The number of rotatable bonds is 6. The summed E-state index contributed by atoms with van der Waals surface area (Å²) in [6.07, 6.45) is 0.688. The highest BCUT2D eigenvalue weighted by atomic mass is 32.2. The van der Waals surface area contributed by atoms with Crippen molar-refractivity contribution in [3.05, 3.63) is 77.9 Å². The Hall–Kier alpha value is -2.17. The van der Waals surface area contributed by atoms with Gasteiger partial charge in [0.15, 0.2) is 0 Å². The van der Waals surface area contributed by atoms with Crippen molar-refractivity contribution in [2.45, 2.75) is 44.0 Å². The van der Waals surface area contributed by atoms with Crippen LogP contribution in [-0.2, 0) is 10.0 Å². The molecule has 0 fully saturated rings. The summed E-state index contributed by atoms with van der Waals surface area (Å²) in [4.78, 5) is 0.299. The molecule has 0 heterocycles. The van der Waals surface area contributed by atoms with E-state index < -0.39 is 10.0 Å². The zero-order valence-electron chi connectivity index (χ0n) is 15.4. The molecule has 0 saturated heterocycles. The van der Waals surface area contributed by atoms with Gasteiger partial charge in [-0.05, 0) is 46.4 Å². The lowest BCUT2D eigenvalue weighted by molar-refractivity contribution is 0.550. The van der Waals surface area contributed by atoms with E-state index in [2.05, 4.69) is 30.7 Å². The van der Waals surface area contributed by atoms with E-state index in [0.29, 0.717) is 17.2 Å². The Labute approximate surface area is 156 Å². The first-order valence-electron chi connectivity index (χ1n) is 9.01. The quantitative estimate of drug-likeness (QED) is 0.634. The van der Waals surface area contributed by atoms with Gasteiger partial charge in [-0.25, -0.2) is 13.1 Å². The van der Waals surface area contributed by atoms with E-state index in [0.717, 1.165) is 16.3 Å². The molecule has 0 radical (unpaired) electrons. The van der Waals surface area contributed by atoms with Crippen LogP contribution in [0.1, 0.15) is 50.3 Å². The molecule has 3 aromatic carbocycles. The Balaban J connectivity index is 1.87. The number of benzene rings is 3. The maximum absolute atomic E-state index is 12.9. The maximum Gasteiger partial charge on any atom is 0.241 e. The fourth-order valence-electron chi connectivity index (χ4n) is 3.09. The summed E-state index contributed by atoms with van der Waals surface area (Å²) < 4.78 is 28.6. The highest BCUT2D eigenvalue weighted by Gasteiger charge is 2.20. The van der Waals surface area contributed by atoms with Crippen LogP contribution in [0.4, 0.5) is 0 Å². The highest BCUT2D eigenvalue weighted by Crippen LogP contribution is 2.24. The molecule has 26 heavy (non-hydrogen) atoms. The van der Waals surface area contributed by atoms with E-state index in [9.17, 15) is 8.42 Å². The van der Waals surface area contributed by atoms with Crippen molar-refractivity contribution in [2.75, 3.05) is 0 Å². The van der Waals surface area contributed by atoms with Crippen molar-refractivity contribution in [2.24, 2.45) is 0 Å². The monoisotopic (exact) mass is 367 g/mol. The van der Waals surface area contributed by atoms with Crippen molar-refractivity contribution in [1.29, 1.82) is 0 Å². The first-order chi connectivity index (χ1) is 12.4. The van der Waals surface area contributed by atoms with Gasteiger partial charge in [0.2, 0.25) is 10.0 Å².